The normalized spacial score (nSPS) is 16.5. The summed E-state index contributed by atoms with van der Waals surface area (Å²) in [6.45, 7) is -0.653. The molecule has 1 fully saturated rings. The summed E-state index contributed by atoms with van der Waals surface area (Å²) >= 11 is 0. The van der Waals surface area contributed by atoms with Gasteiger partial charge in [0.15, 0.2) is 0 Å². The minimum Gasteiger partial charge on any atom is -0.342 e. The molecule has 1 rings (SSSR count). The second-order valence-electron chi connectivity index (χ2n) is 4.25. The number of hydrogen-bond donors (Lipinski definition) is 1. The summed E-state index contributed by atoms with van der Waals surface area (Å²) in [5.41, 5.74) is 0. The molecule has 0 aromatic heterocycles. The lowest BCUT2D eigenvalue weighted by Crippen LogP contribution is -2.43. The fourth-order valence-corrected chi connectivity index (χ4v) is 1.74. The van der Waals surface area contributed by atoms with Crippen LogP contribution in [-0.2, 0) is 19.3 Å². The zero-order chi connectivity index (χ0) is 13.3. The smallest absolute Gasteiger partial charge is 0.327 e. The van der Waals surface area contributed by atoms with Crippen LogP contribution in [0.4, 0.5) is 8.78 Å². The maximum Gasteiger partial charge on any atom is 0.327 e. The molecule has 1 aliphatic rings. The number of hydrogen-bond acceptors (Lipinski definition) is 3. The molecule has 1 aliphatic carbocycles. The van der Waals surface area contributed by atoms with E-state index in [1.54, 1.807) is 0 Å². The Morgan fingerprint density at radius 1 is 1.41 bits per heavy atom. The first kappa shape index (κ1) is 14.0. The Balaban J connectivity index is 2.49. The van der Waals surface area contributed by atoms with Crippen molar-refractivity contribution < 1.29 is 22.6 Å². The first-order chi connectivity index (χ1) is 7.63. The highest BCUT2D eigenvalue weighted by atomic mass is 32.2. The summed E-state index contributed by atoms with van der Waals surface area (Å²) in [7, 11) is -2.62. The van der Waals surface area contributed by atoms with Crippen molar-refractivity contribution in [1.29, 1.82) is 0 Å². The minimum absolute atomic E-state index is 0.316. The summed E-state index contributed by atoms with van der Waals surface area (Å²) in [5, 5.41) is 1.81. The van der Waals surface area contributed by atoms with Crippen LogP contribution in [0.3, 0.4) is 0 Å². The second kappa shape index (κ2) is 4.67. The van der Waals surface area contributed by atoms with E-state index in [0.29, 0.717) is 12.8 Å². The number of halogens is 2. The molecule has 5 nitrogen and oxygen atoms in total. The molecule has 0 bridgehead atoms. The molecule has 0 radical (unpaired) electrons. The van der Waals surface area contributed by atoms with Crippen LogP contribution in [0.1, 0.15) is 12.8 Å². The summed E-state index contributed by atoms with van der Waals surface area (Å²) in [6, 6.07) is 0. The van der Waals surface area contributed by atoms with E-state index in [4.69, 9.17) is 0 Å². The summed E-state index contributed by atoms with van der Waals surface area (Å²) < 4.78 is 40.7. The number of nitrogens with one attached hydrogen (secondary N) is 1. The molecule has 17 heavy (non-hydrogen) atoms. The predicted molar refractivity (Wildman–Crippen MR) is 58.1 cm³/mol. The van der Waals surface area contributed by atoms with Gasteiger partial charge >= 0.3 is 5.92 Å². The average molecular weight is 268 g/mol. The van der Waals surface area contributed by atoms with Crippen LogP contribution in [0.5, 0.6) is 0 Å². The zero-order valence-electron chi connectivity index (χ0n) is 9.53. The molecule has 0 unspecified atom stereocenters. The topological polar surface area (TPSA) is 75.6 Å². The van der Waals surface area contributed by atoms with E-state index < -0.39 is 39.9 Å². The predicted octanol–water partition coefficient (Wildman–Crippen LogP) is 0.402. The van der Waals surface area contributed by atoms with Gasteiger partial charge in [0, 0.05) is 28.2 Å². The molecular formula is C9H14F2N2O3S. The molecular weight excluding hydrogens is 254 g/mol. The lowest BCUT2D eigenvalue weighted by molar-refractivity contribution is -0.149. The van der Waals surface area contributed by atoms with Crippen LogP contribution in [0, 0.1) is 5.92 Å². The fourth-order valence-electron chi connectivity index (χ4n) is 1.18. The van der Waals surface area contributed by atoms with Gasteiger partial charge in [-0.1, -0.05) is 0 Å². The van der Waals surface area contributed by atoms with Crippen molar-refractivity contribution in [3.63, 3.8) is 0 Å². The highest BCUT2D eigenvalue weighted by Gasteiger charge is 2.52. The summed E-state index contributed by atoms with van der Waals surface area (Å²) in [5.74, 6) is -6.70. The van der Waals surface area contributed by atoms with Crippen LogP contribution in [0.25, 0.3) is 0 Å². The third-order valence-corrected chi connectivity index (χ3v) is 2.76. The molecule has 0 aliphatic heterocycles. The largest absolute Gasteiger partial charge is 0.342 e. The minimum atomic E-state index is -3.43. The average Bonchev–Trinajstić information content (AvgIpc) is 2.93. The Bertz CT molecular complexity index is 443. The van der Waals surface area contributed by atoms with Crippen molar-refractivity contribution in [2.75, 3.05) is 19.1 Å². The second-order valence-corrected chi connectivity index (χ2v) is 6.79. The van der Waals surface area contributed by atoms with Gasteiger partial charge in [0.25, 0.3) is 11.8 Å². The van der Waals surface area contributed by atoms with Gasteiger partial charge in [-0.25, -0.2) is 4.21 Å². The summed E-state index contributed by atoms with van der Waals surface area (Å²) in [6.07, 6.45) is 3.12. The first-order valence-corrected chi connectivity index (χ1v) is 7.32. The van der Waals surface area contributed by atoms with Crippen molar-refractivity contribution in [3.8, 4) is 0 Å². The van der Waals surface area contributed by atoms with Gasteiger partial charge in [0.2, 0.25) is 0 Å². The highest BCUT2D eigenvalue weighted by molar-refractivity contribution is 7.92. The van der Waals surface area contributed by atoms with Gasteiger partial charge in [-0.05, 0) is 12.8 Å². The summed E-state index contributed by atoms with van der Waals surface area (Å²) in [4.78, 5) is 22.2. The van der Waals surface area contributed by atoms with Gasteiger partial charge in [0.1, 0.15) is 0 Å². The van der Waals surface area contributed by atoms with Crippen molar-refractivity contribution in [2.45, 2.75) is 18.8 Å². The van der Waals surface area contributed by atoms with Gasteiger partial charge < -0.3 is 5.32 Å². The molecule has 2 amide bonds. The standard InChI is InChI=1S/C9H14F2N2O3S/c1-17(2,16)13-7(14)5-12-8(15)9(10,11)6-3-4-6/h6H,3-5H2,1-2H3,(H,12,15). The van der Waals surface area contributed by atoms with Crippen LogP contribution < -0.4 is 5.32 Å². The number of nitrogens with zero attached hydrogens (tertiary/aromatic N) is 1. The fraction of sp³-hybridized carbons (Fsp3) is 0.778. The molecule has 0 aromatic rings. The van der Waals surface area contributed by atoms with Crippen LogP contribution in [0.15, 0.2) is 4.36 Å². The zero-order valence-corrected chi connectivity index (χ0v) is 10.4. The monoisotopic (exact) mass is 268 g/mol. The molecule has 0 heterocycles. The van der Waals surface area contributed by atoms with Gasteiger partial charge in [-0.2, -0.15) is 13.1 Å². The third kappa shape index (κ3) is 4.37. The molecule has 0 spiro atoms. The van der Waals surface area contributed by atoms with Crippen molar-refractivity contribution in [2.24, 2.45) is 10.3 Å². The Kier molecular flexibility index (Phi) is 3.85. The Labute approximate surface area is 98.1 Å². The van der Waals surface area contributed by atoms with E-state index in [0.717, 1.165) is 0 Å². The van der Waals surface area contributed by atoms with Crippen LogP contribution in [-0.4, -0.2) is 41.0 Å². The van der Waals surface area contributed by atoms with E-state index in [-0.39, 0.29) is 0 Å². The molecule has 0 saturated heterocycles. The third-order valence-electron chi connectivity index (χ3n) is 2.11. The van der Waals surface area contributed by atoms with Gasteiger partial charge in [-0.15, -0.1) is 0 Å². The van der Waals surface area contributed by atoms with E-state index in [2.05, 4.69) is 4.36 Å². The molecule has 0 atom stereocenters. The molecule has 1 N–H and O–H groups in total. The van der Waals surface area contributed by atoms with E-state index in [1.807, 2.05) is 5.32 Å². The number of alkyl halides is 2. The van der Waals surface area contributed by atoms with Crippen LogP contribution >= 0.6 is 0 Å². The highest BCUT2D eigenvalue weighted by Crippen LogP contribution is 2.43. The van der Waals surface area contributed by atoms with Gasteiger partial charge in [0.05, 0.1) is 6.54 Å². The molecule has 0 aromatic carbocycles. The van der Waals surface area contributed by atoms with Crippen molar-refractivity contribution in [1.82, 2.24) is 5.32 Å². The number of carbonyl (C=O) groups is 2. The van der Waals surface area contributed by atoms with Crippen molar-refractivity contribution >= 4 is 21.5 Å². The Hall–Kier alpha value is -1.05. The first-order valence-electron chi connectivity index (χ1n) is 4.99. The van der Waals surface area contributed by atoms with Gasteiger partial charge in [-0.3, -0.25) is 9.59 Å². The number of rotatable bonds is 4. The van der Waals surface area contributed by atoms with E-state index >= 15 is 0 Å². The molecule has 8 heteroatoms. The molecule has 1 saturated carbocycles. The van der Waals surface area contributed by atoms with E-state index in [1.165, 1.54) is 12.5 Å². The van der Waals surface area contributed by atoms with Crippen LogP contribution in [0.2, 0.25) is 0 Å². The van der Waals surface area contributed by atoms with Crippen molar-refractivity contribution in [3.05, 3.63) is 0 Å². The maximum atomic E-state index is 13.2. The number of carbonyl (C=O) groups excluding carboxylic acids is 2. The lowest BCUT2D eigenvalue weighted by Gasteiger charge is -2.13. The number of amides is 2. The maximum absolute atomic E-state index is 13.2. The quantitative estimate of drug-likeness (QED) is 0.802. The molecule has 98 valence electrons. The van der Waals surface area contributed by atoms with E-state index in [9.17, 15) is 22.6 Å². The Morgan fingerprint density at radius 2 is 1.94 bits per heavy atom. The SMILES string of the molecule is CS(C)(=O)=NC(=O)CNC(=O)C(F)(F)C1CC1. The Morgan fingerprint density at radius 3 is 2.35 bits per heavy atom. The lowest BCUT2D eigenvalue weighted by atomic mass is 10.2.